The fraction of sp³-hybridized carbons (Fsp3) is 0.500. The molecule has 8 heteroatoms. The quantitative estimate of drug-likeness (QED) is 0.713. The van der Waals surface area contributed by atoms with Gasteiger partial charge in [0.05, 0.1) is 13.7 Å². The number of hydrogen-bond donors (Lipinski definition) is 0. The summed E-state index contributed by atoms with van der Waals surface area (Å²) in [7, 11) is 1.95. The number of methoxy groups -OCH3 is 3. The van der Waals surface area contributed by atoms with Crippen molar-refractivity contribution >= 4 is 21.6 Å². The molecule has 114 valence electrons. The Bertz CT molecular complexity index is 545. The normalized spacial score (nSPS) is 12.2. The first kappa shape index (κ1) is 17.2. The van der Waals surface area contributed by atoms with Gasteiger partial charge in [0.2, 0.25) is 10.0 Å². The predicted molar refractivity (Wildman–Crippen MR) is 75.6 cm³/mol. The number of ether oxygens (including phenoxy) is 3. The smallest absolute Gasteiger partial charge is 0.246 e. The fourth-order valence-corrected chi connectivity index (χ4v) is 3.15. The third-order valence-corrected chi connectivity index (χ3v) is 4.83. The van der Waals surface area contributed by atoms with E-state index in [1.165, 1.54) is 40.5 Å². The van der Waals surface area contributed by atoms with Crippen LogP contribution in [0.2, 0.25) is 5.02 Å². The summed E-state index contributed by atoms with van der Waals surface area (Å²) < 4.78 is 41.2. The summed E-state index contributed by atoms with van der Waals surface area (Å²) in [6.07, 6.45) is -0.653. The summed E-state index contributed by atoms with van der Waals surface area (Å²) in [6.45, 7) is 0.0466. The number of rotatable bonds is 7. The monoisotopic (exact) mass is 323 g/mol. The molecule has 0 aromatic heterocycles. The van der Waals surface area contributed by atoms with E-state index in [2.05, 4.69) is 0 Å². The van der Waals surface area contributed by atoms with Crippen LogP contribution in [0.3, 0.4) is 0 Å². The molecule has 0 amide bonds. The average Bonchev–Trinajstić information content (AvgIpc) is 2.44. The van der Waals surface area contributed by atoms with Crippen molar-refractivity contribution in [3.05, 3.63) is 23.2 Å². The summed E-state index contributed by atoms with van der Waals surface area (Å²) >= 11 is 5.86. The van der Waals surface area contributed by atoms with Gasteiger partial charge in [-0.05, 0) is 18.2 Å². The van der Waals surface area contributed by atoms with Gasteiger partial charge < -0.3 is 14.2 Å². The molecule has 0 N–H and O–H groups in total. The molecule has 0 spiro atoms. The van der Waals surface area contributed by atoms with Crippen molar-refractivity contribution in [1.82, 2.24) is 4.31 Å². The zero-order chi connectivity index (χ0) is 15.3. The van der Waals surface area contributed by atoms with Crippen LogP contribution in [-0.2, 0) is 19.5 Å². The second-order valence-electron chi connectivity index (χ2n) is 3.98. The lowest BCUT2D eigenvalue weighted by molar-refractivity contribution is -0.106. The van der Waals surface area contributed by atoms with E-state index < -0.39 is 16.3 Å². The highest BCUT2D eigenvalue weighted by molar-refractivity contribution is 7.89. The minimum Gasteiger partial charge on any atom is -0.495 e. The molecule has 0 atom stereocenters. The Morgan fingerprint density at radius 2 is 1.85 bits per heavy atom. The summed E-state index contributed by atoms with van der Waals surface area (Å²) in [5.74, 6) is 0.229. The highest BCUT2D eigenvalue weighted by atomic mass is 35.5. The molecule has 0 aliphatic heterocycles. The molecule has 6 nitrogen and oxygen atoms in total. The molecule has 0 aliphatic carbocycles. The van der Waals surface area contributed by atoms with Crippen molar-refractivity contribution in [2.45, 2.75) is 11.2 Å². The minimum atomic E-state index is -3.76. The summed E-state index contributed by atoms with van der Waals surface area (Å²) in [4.78, 5) is 0.000885. The van der Waals surface area contributed by atoms with Crippen LogP contribution < -0.4 is 4.74 Å². The van der Waals surface area contributed by atoms with Gasteiger partial charge in [0, 0.05) is 26.3 Å². The van der Waals surface area contributed by atoms with Crippen LogP contribution >= 0.6 is 11.6 Å². The molecule has 0 saturated heterocycles. The van der Waals surface area contributed by atoms with E-state index in [1.807, 2.05) is 0 Å². The Kier molecular flexibility index (Phi) is 6.22. The molecule has 1 aromatic rings. The second kappa shape index (κ2) is 7.24. The first-order valence-electron chi connectivity index (χ1n) is 5.72. The van der Waals surface area contributed by atoms with Gasteiger partial charge in [-0.1, -0.05) is 11.6 Å². The van der Waals surface area contributed by atoms with E-state index >= 15 is 0 Å². The van der Waals surface area contributed by atoms with Crippen molar-refractivity contribution in [2.75, 3.05) is 34.9 Å². The molecule has 0 heterocycles. The molecule has 0 fully saturated rings. The van der Waals surface area contributed by atoms with Crippen LogP contribution in [-0.4, -0.2) is 53.9 Å². The van der Waals surface area contributed by atoms with E-state index in [0.717, 1.165) is 4.31 Å². The van der Waals surface area contributed by atoms with Crippen LogP contribution in [0.4, 0.5) is 0 Å². The van der Waals surface area contributed by atoms with Gasteiger partial charge >= 0.3 is 0 Å². The van der Waals surface area contributed by atoms with Gasteiger partial charge in [-0.2, -0.15) is 4.31 Å². The zero-order valence-corrected chi connectivity index (χ0v) is 13.4. The van der Waals surface area contributed by atoms with Crippen molar-refractivity contribution in [1.29, 1.82) is 0 Å². The van der Waals surface area contributed by atoms with Gasteiger partial charge in [0.15, 0.2) is 6.29 Å². The molecule has 0 aliphatic rings. The number of nitrogens with zero attached hydrogens (tertiary/aromatic N) is 1. The fourth-order valence-electron chi connectivity index (χ4n) is 1.57. The standard InChI is InChI=1S/C12H18ClNO5S/c1-14(8-12(18-3)19-4)20(15,16)11-7-9(13)5-6-10(11)17-2/h5-7,12H,8H2,1-4H3. The average molecular weight is 324 g/mol. The molecule has 20 heavy (non-hydrogen) atoms. The van der Waals surface area contributed by atoms with Gasteiger partial charge in [0.1, 0.15) is 10.6 Å². The molecule has 1 rings (SSSR count). The first-order valence-corrected chi connectivity index (χ1v) is 7.54. The Morgan fingerprint density at radius 1 is 1.25 bits per heavy atom. The molecule has 0 saturated carbocycles. The van der Waals surface area contributed by atoms with Crippen molar-refractivity contribution in [2.24, 2.45) is 0 Å². The maximum atomic E-state index is 12.5. The van der Waals surface area contributed by atoms with E-state index in [9.17, 15) is 8.42 Å². The Morgan fingerprint density at radius 3 is 2.35 bits per heavy atom. The van der Waals surface area contributed by atoms with Crippen molar-refractivity contribution < 1.29 is 22.6 Å². The predicted octanol–water partition coefficient (Wildman–Crippen LogP) is 1.59. The van der Waals surface area contributed by atoms with Crippen LogP contribution in [0.15, 0.2) is 23.1 Å². The van der Waals surface area contributed by atoms with Crippen molar-refractivity contribution in [3.63, 3.8) is 0 Å². The zero-order valence-electron chi connectivity index (χ0n) is 11.8. The Balaban J connectivity index is 3.12. The lowest BCUT2D eigenvalue weighted by Gasteiger charge is -2.22. The second-order valence-corrected chi connectivity index (χ2v) is 6.43. The number of likely N-dealkylation sites (N-methyl/N-ethyl adjacent to an activating group) is 1. The van der Waals surface area contributed by atoms with E-state index in [4.69, 9.17) is 25.8 Å². The SMILES string of the molecule is COc1ccc(Cl)cc1S(=O)(=O)N(C)CC(OC)OC. The van der Waals surface area contributed by atoms with Gasteiger partial charge in [-0.25, -0.2) is 8.42 Å². The molecular formula is C12H18ClNO5S. The van der Waals surface area contributed by atoms with Crippen LogP contribution in [0.25, 0.3) is 0 Å². The third kappa shape index (κ3) is 3.83. The molecule has 1 aromatic carbocycles. The Hall–Kier alpha value is -0.860. The van der Waals surface area contributed by atoms with E-state index in [0.29, 0.717) is 5.02 Å². The maximum absolute atomic E-state index is 12.5. The van der Waals surface area contributed by atoms with Gasteiger partial charge in [-0.3, -0.25) is 0 Å². The highest BCUT2D eigenvalue weighted by Gasteiger charge is 2.27. The van der Waals surface area contributed by atoms with Crippen molar-refractivity contribution in [3.8, 4) is 5.75 Å². The van der Waals surface area contributed by atoms with Gasteiger partial charge in [0.25, 0.3) is 0 Å². The van der Waals surface area contributed by atoms with Gasteiger partial charge in [-0.15, -0.1) is 0 Å². The molecule has 0 bridgehead atoms. The minimum absolute atomic E-state index is 0.000885. The molecule has 0 unspecified atom stereocenters. The number of sulfonamides is 1. The van der Waals surface area contributed by atoms with E-state index in [-0.39, 0.29) is 17.2 Å². The number of halogens is 1. The molecule has 0 radical (unpaired) electrons. The Labute approximate surface area is 124 Å². The largest absolute Gasteiger partial charge is 0.495 e. The van der Waals surface area contributed by atoms with Crippen LogP contribution in [0.1, 0.15) is 0 Å². The van der Waals surface area contributed by atoms with E-state index in [1.54, 1.807) is 6.07 Å². The maximum Gasteiger partial charge on any atom is 0.246 e. The van der Waals surface area contributed by atoms with Crippen LogP contribution in [0.5, 0.6) is 5.75 Å². The summed E-state index contributed by atoms with van der Waals surface area (Å²) in [5.41, 5.74) is 0. The summed E-state index contributed by atoms with van der Waals surface area (Å²) in [6, 6.07) is 4.42. The van der Waals surface area contributed by atoms with Crippen LogP contribution in [0, 0.1) is 0 Å². The summed E-state index contributed by atoms with van der Waals surface area (Å²) in [5, 5.41) is 0.313. The first-order chi connectivity index (χ1) is 9.36. The lowest BCUT2D eigenvalue weighted by Crippen LogP contribution is -2.36. The third-order valence-electron chi connectivity index (χ3n) is 2.75. The number of benzene rings is 1. The number of hydrogen-bond acceptors (Lipinski definition) is 5. The highest BCUT2D eigenvalue weighted by Crippen LogP contribution is 2.29. The topological polar surface area (TPSA) is 65.1 Å². The lowest BCUT2D eigenvalue weighted by atomic mass is 10.3. The molecular weight excluding hydrogens is 306 g/mol.